The Balaban J connectivity index is 2.05. The highest BCUT2D eigenvalue weighted by Crippen LogP contribution is 2.41. The van der Waals surface area contributed by atoms with Crippen LogP contribution in [0, 0.1) is 0 Å². The van der Waals surface area contributed by atoms with Crippen molar-refractivity contribution in [2.24, 2.45) is 0 Å². The molecule has 1 aliphatic heterocycles. The molecule has 0 bridgehead atoms. The Kier molecular flexibility index (Phi) is 3.72. The molecule has 0 saturated heterocycles. The van der Waals surface area contributed by atoms with Crippen LogP contribution >= 0.6 is 0 Å². The summed E-state index contributed by atoms with van der Waals surface area (Å²) >= 11 is 0. The average Bonchev–Trinajstić information content (AvgIpc) is 2.93. The van der Waals surface area contributed by atoms with Gasteiger partial charge in [-0.25, -0.2) is 0 Å². The molecule has 0 N–H and O–H groups in total. The van der Waals surface area contributed by atoms with Crippen molar-refractivity contribution < 1.29 is 18.0 Å². The maximum absolute atomic E-state index is 12.9. The maximum atomic E-state index is 12.9. The highest BCUT2D eigenvalue weighted by Gasteiger charge is 2.35. The zero-order valence-electron chi connectivity index (χ0n) is 12.2. The summed E-state index contributed by atoms with van der Waals surface area (Å²) in [5.74, 6) is -0.538. The van der Waals surface area contributed by atoms with Gasteiger partial charge in [-0.15, -0.1) is 0 Å². The zero-order valence-corrected chi connectivity index (χ0v) is 12.2. The lowest BCUT2D eigenvalue weighted by Gasteiger charge is -2.16. The van der Waals surface area contributed by atoms with Crippen molar-refractivity contribution in [3.05, 3.63) is 77.9 Å². The molecule has 0 aliphatic carbocycles. The van der Waals surface area contributed by atoms with Crippen LogP contribution in [0.2, 0.25) is 0 Å². The number of anilines is 1. The molecule has 0 radical (unpaired) electrons. The average molecular weight is 317 g/mol. The van der Waals surface area contributed by atoms with Gasteiger partial charge in [0.2, 0.25) is 5.91 Å². The molecule has 1 aliphatic rings. The first-order valence-corrected chi connectivity index (χ1v) is 7.12. The maximum Gasteiger partial charge on any atom is 0.416 e. The van der Waals surface area contributed by atoms with Gasteiger partial charge in [-0.2, -0.15) is 13.2 Å². The Hall–Kier alpha value is -2.56. The normalized spacial score (nSPS) is 17.0. The summed E-state index contributed by atoms with van der Waals surface area (Å²) in [4.78, 5) is 13.6. The molecule has 5 heteroatoms. The molecule has 2 aromatic carbocycles. The lowest BCUT2D eigenvalue weighted by Crippen LogP contribution is -2.28. The Morgan fingerprint density at radius 1 is 1.17 bits per heavy atom. The molecule has 118 valence electrons. The fraction of sp³-hybridized carbons (Fsp3) is 0.167. The van der Waals surface area contributed by atoms with Crippen LogP contribution < -0.4 is 4.90 Å². The number of para-hydroxylation sites is 1. The third-order valence-corrected chi connectivity index (χ3v) is 4.03. The van der Waals surface area contributed by atoms with E-state index in [0.717, 1.165) is 23.4 Å². The van der Waals surface area contributed by atoms with Crippen molar-refractivity contribution in [1.29, 1.82) is 0 Å². The van der Waals surface area contributed by atoms with Gasteiger partial charge in [-0.3, -0.25) is 4.79 Å². The summed E-state index contributed by atoms with van der Waals surface area (Å²) in [6.45, 7) is 3.79. The van der Waals surface area contributed by atoms with Gasteiger partial charge in [0.15, 0.2) is 0 Å². The minimum absolute atomic E-state index is 0.257. The first kappa shape index (κ1) is 15.3. The third-order valence-electron chi connectivity index (χ3n) is 4.03. The van der Waals surface area contributed by atoms with Crippen LogP contribution in [-0.4, -0.2) is 12.5 Å². The lowest BCUT2D eigenvalue weighted by molar-refractivity contribution is -0.137. The second-order valence-corrected chi connectivity index (χ2v) is 5.39. The van der Waals surface area contributed by atoms with E-state index < -0.39 is 11.7 Å². The molecule has 0 saturated carbocycles. The van der Waals surface area contributed by atoms with Crippen LogP contribution in [-0.2, 0) is 11.0 Å². The Morgan fingerprint density at radius 2 is 1.91 bits per heavy atom. The number of benzene rings is 2. The molecule has 23 heavy (non-hydrogen) atoms. The van der Waals surface area contributed by atoms with E-state index in [2.05, 4.69) is 6.58 Å². The Morgan fingerprint density at radius 3 is 2.61 bits per heavy atom. The first-order valence-electron chi connectivity index (χ1n) is 7.12. The number of amides is 1. The quantitative estimate of drug-likeness (QED) is 0.753. The second-order valence-electron chi connectivity index (χ2n) is 5.39. The molecule has 2 aromatic rings. The first-order chi connectivity index (χ1) is 10.9. The van der Waals surface area contributed by atoms with Crippen molar-refractivity contribution >= 4 is 11.6 Å². The van der Waals surface area contributed by atoms with E-state index in [1.54, 1.807) is 23.1 Å². The van der Waals surface area contributed by atoms with E-state index in [1.807, 2.05) is 12.1 Å². The van der Waals surface area contributed by atoms with Crippen LogP contribution in [0.5, 0.6) is 0 Å². The fourth-order valence-corrected chi connectivity index (χ4v) is 2.94. The van der Waals surface area contributed by atoms with Crippen LogP contribution in [0.4, 0.5) is 18.9 Å². The van der Waals surface area contributed by atoms with E-state index in [1.165, 1.54) is 12.1 Å². The fourth-order valence-electron chi connectivity index (χ4n) is 2.94. The number of carbonyl (C=O) groups excluding carboxylic acids is 1. The van der Waals surface area contributed by atoms with Gasteiger partial charge < -0.3 is 4.90 Å². The van der Waals surface area contributed by atoms with Gasteiger partial charge in [-0.05, 0) is 29.3 Å². The summed E-state index contributed by atoms with van der Waals surface area (Å²) < 4.78 is 38.8. The molecule has 0 fully saturated rings. The van der Waals surface area contributed by atoms with E-state index in [0.29, 0.717) is 12.1 Å². The number of hydrogen-bond donors (Lipinski definition) is 0. The molecule has 1 heterocycles. The van der Waals surface area contributed by atoms with Crippen molar-refractivity contribution in [2.45, 2.75) is 12.1 Å². The third kappa shape index (κ3) is 2.74. The molecule has 1 amide bonds. The van der Waals surface area contributed by atoms with Crippen LogP contribution in [0.3, 0.4) is 0 Å². The second kappa shape index (κ2) is 5.57. The highest BCUT2D eigenvalue weighted by molar-refractivity contribution is 6.03. The van der Waals surface area contributed by atoms with Gasteiger partial charge in [-0.1, -0.05) is 43.0 Å². The van der Waals surface area contributed by atoms with Crippen LogP contribution in [0.1, 0.15) is 22.6 Å². The van der Waals surface area contributed by atoms with Gasteiger partial charge >= 0.3 is 6.18 Å². The Labute approximate surface area is 131 Å². The monoisotopic (exact) mass is 317 g/mol. The minimum Gasteiger partial charge on any atom is -0.308 e. The van der Waals surface area contributed by atoms with E-state index in [9.17, 15) is 18.0 Å². The van der Waals surface area contributed by atoms with E-state index in [4.69, 9.17) is 0 Å². The molecule has 0 aromatic heterocycles. The predicted octanol–water partition coefficient (Wildman–Crippen LogP) is 4.37. The molecular formula is C18H14F3NO. The predicted molar refractivity (Wildman–Crippen MR) is 82.3 cm³/mol. The van der Waals surface area contributed by atoms with Crippen molar-refractivity contribution in [2.75, 3.05) is 11.4 Å². The summed E-state index contributed by atoms with van der Waals surface area (Å²) in [6, 6.07) is 12.5. The highest BCUT2D eigenvalue weighted by atomic mass is 19.4. The molecule has 2 nitrogen and oxygen atoms in total. The number of alkyl halides is 3. The van der Waals surface area contributed by atoms with Crippen molar-refractivity contribution in [1.82, 2.24) is 0 Å². The molecular weight excluding hydrogens is 303 g/mol. The lowest BCUT2D eigenvalue weighted by atomic mass is 9.92. The standard InChI is InChI=1S/C18H14F3NO/c1-2-17(23)22-11-15(14-8-3-4-9-16(14)22)12-6-5-7-13(10-12)18(19,20)21/h2-10,15H,1,11H2. The van der Waals surface area contributed by atoms with Gasteiger partial charge in [0.25, 0.3) is 0 Å². The molecule has 0 spiro atoms. The number of rotatable bonds is 2. The number of hydrogen-bond acceptors (Lipinski definition) is 1. The van der Waals surface area contributed by atoms with Crippen molar-refractivity contribution in [3.8, 4) is 0 Å². The summed E-state index contributed by atoms with van der Waals surface area (Å²) in [5, 5.41) is 0. The van der Waals surface area contributed by atoms with Gasteiger partial charge in [0.05, 0.1) is 5.56 Å². The summed E-state index contributed by atoms with van der Waals surface area (Å²) in [5.41, 5.74) is 1.44. The van der Waals surface area contributed by atoms with Crippen LogP contribution in [0.25, 0.3) is 0 Å². The van der Waals surface area contributed by atoms with E-state index in [-0.39, 0.29) is 11.8 Å². The number of halogens is 3. The summed E-state index contributed by atoms with van der Waals surface area (Å²) in [6.07, 6.45) is -3.17. The smallest absolute Gasteiger partial charge is 0.308 e. The van der Waals surface area contributed by atoms with Gasteiger partial charge in [0.1, 0.15) is 0 Å². The van der Waals surface area contributed by atoms with E-state index >= 15 is 0 Å². The van der Waals surface area contributed by atoms with Gasteiger partial charge in [0, 0.05) is 18.2 Å². The van der Waals surface area contributed by atoms with Crippen molar-refractivity contribution in [3.63, 3.8) is 0 Å². The summed E-state index contributed by atoms with van der Waals surface area (Å²) in [7, 11) is 0. The van der Waals surface area contributed by atoms with Crippen LogP contribution in [0.15, 0.2) is 61.2 Å². The zero-order chi connectivity index (χ0) is 16.6. The molecule has 1 unspecified atom stereocenters. The SMILES string of the molecule is C=CC(=O)N1CC(c2cccc(C(F)(F)F)c2)c2ccccc21. The number of carbonyl (C=O) groups is 1. The number of fused-ring (bicyclic) bond motifs is 1. The largest absolute Gasteiger partial charge is 0.416 e. The molecule has 3 rings (SSSR count). The topological polar surface area (TPSA) is 20.3 Å². The number of nitrogens with zero attached hydrogens (tertiary/aromatic N) is 1. The molecule has 1 atom stereocenters. The Bertz CT molecular complexity index is 767. The minimum atomic E-state index is -4.38.